The molecule has 1 aliphatic carbocycles. The monoisotopic (exact) mass is 218 g/mol. The van der Waals surface area contributed by atoms with Crippen molar-refractivity contribution in [3.8, 4) is 0 Å². The van der Waals surface area contributed by atoms with Gasteiger partial charge in [0.15, 0.2) is 0 Å². The second-order valence-electron chi connectivity index (χ2n) is 4.03. The minimum Gasteiger partial charge on any atom is -0.367 e. The summed E-state index contributed by atoms with van der Waals surface area (Å²) in [7, 11) is -2.55. The summed E-state index contributed by atoms with van der Waals surface area (Å²) in [4.78, 5) is 0. The maximum absolute atomic E-state index is 11.8. The Bertz CT molecular complexity index is 240. The average Bonchev–Trinajstić information content (AvgIpc) is 2.50. The van der Waals surface area contributed by atoms with E-state index >= 15 is 0 Å². The zero-order valence-corrected chi connectivity index (χ0v) is 10.00. The molecule has 0 spiro atoms. The van der Waals surface area contributed by atoms with Gasteiger partial charge in [0.05, 0.1) is 12.2 Å². The van der Waals surface area contributed by atoms with E-state index in [0.717, 1.165) is 12.8 Å². The molecule has 0 aliphatic heterocycles. The van der Waals surface area contributed by atoms with Crippen molar-refractivity contribution >= 4 is 7.37 Å². The zero-order chi connectivity index (χ0) is 10.6. The van der Waals surface area contributed by atoms with Crippen LogP contribution in [-0.2, 0) is 13.8 Å². The van der Waals surface area contributed by atoms with Gasteiger partial charge in [0.2, 0.25) is 7.37 Å². The highest BCUT2D eigenvalue weighted by Crippen LogP contribution is 2.44. The van der Waals surface area contributed by atoms with E-state index in [-0.39, 0.29) is 18.6 Å². The lowest BCUT2D eigenvalue weighted by molar-refractivity contribution is 0.0856. The summed E-state index contributed by atoms with van der Waals surface area (Å²) in [6.45, 7) is 5.40. The highest BCUT2D eigenvalue weighted by atomic mass is 31.2. The Labute approximate surface area is 85.9 Å². The van der Waals surface area contributed by atoms with Crippen LogP contribution in [0.1, 0.15) is 26.7 Å². The van der Waals surface area contributed by atoms with Crippen LogP contribution in [0.2, 0.25) is 0 Å². The van der Waals surface area contributed by atoms with Gasteiger partial charge in [-0.1, -0.05) is 12.2 Å². The molecule has 0 N–H and O–H groups in total. The molecule has 14 heavy (non-hydrogen) atoms. The van der Waals surface area contributed by atoms with Gasteiger partial charge in [-0.3, -0.25) is 4.57 Å². The van der Waals surface area contributed by atoms with E-state index in [4.69, 9.17) is 9.26 Å². The maximum atomic E-state index is 11.8. The van der Waals surface area contributed by atoms with Crippen LogP contribution in [0.4, 0.5) is 0 Å². The molecule has 0 bridgehead atoms. The molecular formula is C10H19O3P. The molecular weight excluding hydrogens is 199 g/mol. The van der Waals surface area contributed by atoms with Crippen molar-refractivity contribution < 1.29 is 13.8 Å². The molecule has 0 amide bonds. The van der Waals surface area contributed by atoms with Crippen LogP contribution in [0, 0.1) is 0 Å². The Hall–Kier alpha value is -0.110. The molecule has 3 nitrogen and oxygen atoms in total. The summed E-state index contributed by atoms with van der Waals surface area (Å²) in [6, 6.07) is 0. The second kappa shape index (κ2) is 5.11. The Balaban J connectivity index is 2.25. The molecule has 1 aliphatic rings. The van der Waals surface area contributed by atoms with E-state index in [1.54, 1.807) is 6.66 Å². The van der Waals surface area contributed by atoms with E-state index < -0.39 is 7.37 Å². The van der Waals surface area contributed by atoms with E-state index in [9.17, 15) is 4.57 Å². The molecule has 4 heteroatoms. The van der Waals surface area contributed by atoms with Crippen molar-refractivity contribution in [2.75, 3.05) is 13.0 Å². The molecule has 0 saturated carbocycles. The van der Waals surface area contributed by atoms with Gasteiger partial charge in [-0.05, 0) is 26.7 Å². The van der Waals surface area contributed by atoms with Gasteiger partial charge in [0.1, 0.15) is 6.35 Å². The molecule has 82 valence electrons. The minimum atomic E-state index is -2.55. The Kier molecular flexibility index (Phi) is 4.36. The van der Waals surface area contributed by atoms with Gasteiger partial charge in [0, 0.05) is 6.66 Å². The molecule has 1 atom stereocenters. The van der Waals surface area contributed by atoms with Crippen molar-refractivity contribution in [2.24, 2.45) is 0 Å². The molecule has 0 heterocycles. The van der Waals surface area contributed by atoms with Crippen LogP contribution in [0.15, 0.2) is 12.2 Å². The minimum absolute atomic E-state index is 0.00358. The summed E-state index contributed by atoms with van der Waals surface area (Å²) in [6.07, 6.45) is 6.49. The molecule has 0 aromatic rings. The third-order valence-corrected chi connectivity index (χ3v) is 3.43. The quantitative estimate of drug-likeness (QED) is 0.525. The van der Waals surface area contributed by atoms with Crippen molar-refractivity contribution in [1.82, 2.24) is 0 Å². The van der Waals surface area contributed by atoms with Gasteiger partial charge in [0.25, 0.3) is 0 Å². The normalized spacial score (nSPS) is 21.7. The van der Waals surface area contributed by atoms with E-state index in [0.29, 0.717) is 0 Å². The number of hydrogen-bond donors (Lipinski definition) is 0. The predicted octanol–water partition coefficient (Wildman–Crippen LogP) is 3.01. The summed E-state index contributed by atoms with van der Waals surface area (Å²) in [5, 5.41) is 0. The lowest BCUT2D eigenvalue weighted by Gasteiger charge is -2.19. The Morgan fingerprint density at radius 3 is 2.50 bits per heavy atom. The fraction of sp³-hybridized carbons (Fsp3) is 0.800. The van der Waals surface area contributed by atoms with Crippen LogP contribution >= 0.6 is 7.37 Å². The standard InChI is InChI=1S/C10H19O3P/c1-9(2)13-14(3,11)8-12-10-6-4-5-7-10/h4-5,9-10H,6-8H2,1-3H3. The van der Waals surface area contributed by atoms with Gasteiger partial charge in [-0.25, -0.2) is 0 Å². The summed E-state index contributed by atoms with van der Waals surface area (Å²) < 4.78 is 22.6. The maximum Gasteiger partial charge on any atom is 0.225 e. The molecule has 1 rings (SSSR count). The number of ether oxygens (including phenoxy) is 1. The van der Waals surface area contributed by atoms with Crippen molar-refractivity contribution in [3.63, 3.8) is 0 Å². The van der Waals surface area contributed by atoms with Crippen LogP contribution in [0.5, 0.6) is 0 Å². The van der Waals surface area contributed by atoms with Crippen LogP contribution in [0.25, 0.3) is 0 Å². The topological polar surface area (TPSA) is 35.5 Å². The summed E-state index contributed by atoms with van der Waals surface area (Å²) >= 11 is 0. The van der Waals surface area contributed by atoms with E-state index in [1.165, 1.54) is 0 Å². The van der Waals surface area contributed by atoms with Gasteiger partial charge in [-0.2, -0.15) is 0 Å². The molecule has 0 aromatic carbocycles. The smallest absolute Gasteiger partial charge is 0.225 e. The largest absolute Gasteiger partial charge is 0.367 e. The first kappa shape index (κ1) is 12.0. The van der Waals surface area contributed by atoms with Gasteiger partial charge >= 0.3 is 0 Å². The molecule has 0 fully saturated rings. The first-order chi connectivity index (χ1) is 6.49. The van der Waals surface area contributed by atoms with Crippen molar-refractivity contribution in [3.05, 3.63) is 12.2 Å². The highest BCUT2D eigenvalue weighted by Gasteiger charge is 2.21. The molecule has 0 saturated heterocycles. The third-order valence-electron chi connectivity index (χ3n) is 1.94. The number of rotatable bonds is 5. The van der Waals surface area contributed by atoms with Gasteiger partial charge < -0.3 is 9.26 Å². The third kappa shape index (κ3) is 4.41. The van der Waals surface area contributed by atoms with E-state index in [2.05, 4.69) is 12.2 Å². The van der Waals surface area contributed by atoms with Crippen molar-refractivity contribution in [2.45, 2.75) is 38.9 Å². The lowest BCUT2D eigenvalue weighted by Crippen LogP contribution is -2.11. The predicted molar refractivity (Wildman–Crippen MR) is 57.9 cm³/mol. The fourth-order valence-corrected chi connectivity index (χ4v) is 2.88. The first-order valence-electron chi connectivity index (χ1n) is 5.01. The van der Waals surface area contributed by atoms with Crippen LogP contribution < -0.4 is 0 Å². The lowest BCUT2D eigenvalue weighted by atomic mass is 10.3. The van der Waals surface area contributed by atoms with E-state index in [1.807, 2.05) is 13.8 Å². The van der Waals surface area contributed by atoms with Crippen LogP contribution in [-0.4, -0.2) is 25.2 Å². The summed E-state index contributed by atoms with van der Waals surface area (Å²) in [5.41, 5.74) is 0. The average molecular weight is 218 g/mol. The SMILES string of the molecule is CC(C)OP(C)(=O)COC1CC=CC1. The fourth-order valence-electron chi connectivity index (χ4n) is 1.45. The Morgan fingerprint density at radius 2 is 2.00 bits per heavy atom. The highest BCUT2D eigenvalue weighted by molar-refractivity contribution is 7.57. The molecule has 0 aromatic heterocycles. The first-order valence-corrected chi connectivity index (χ1v) is 7.27. The zero-order valence-electron chi connectivity index (χ0n) is 9.10. The second-order valence-corrected chi connectivity index (χ2v) is 6.53. The molecule has 0 radical (unpaired) electrons. The van der Waals surface area contributed by atoms with Crippen LogP contribution in [0.3, 0.4) is 0 Å². The van der Waals surface area contributed by atoms with Crippen molar-refractivity contribution in [1.29, 1.82) is 0 Å². The molecule has 1 unspecified atom stereocenters. The number of hydrogen-bond acceptors (Lipinski definition) is 3. The Morgan fingerprint density at radius 1 is 1.43 bits per heavy atom. The summed E-state index contributed by atoms with van der Waals surface area (Å²) in [5.74, 6) is 0. The van der Waals surface area contributed by atoms with Gasteiger partial charge in [-0.15, -0.1) is 0 Å².